The first kappa shape index (κ1) is 27.6. The summed E-state index contributed by atoms with van der Waals surface area (Å²) in [4.78, 5) is 47.1. The Labute approximate surface area is 234 Å². The molecule has 210 valence electrons. The summed E-state index contributed by atoms with van der Waals surface area (Å²) >= 11 is 0. The van der Waals surface area contributed by atoms with Crippen LogP contribution in [0.15, 0.2) is 66.8 Å². The monoisotopic (exact) mass is 545 g/mol. The zero-order valence-electron chi connectivity index (χ0n) is 22.8. The lowest BCUT2D eigenvalue weighted by atomic mass is 9.82. The molecule has 5 rings (SSSR count). The first-order chi connectivity index (χ1) is 19.4. The number of anilines is 1. The standard InChI is InChI=1S/C31H35N3O6/c1-3-14-33-25-9-6-5-8-24(25)31(30(33)38)26(27(35)22-10-12-23(13-11-22)40-19-4-2)28(36)29(37)34(31)16-7-15-32-17-20-39-21-18-32/h4-6,8-13,35H,2-3,7,14-21H2,1H3/b27-26-. The Morgan fingerprint density at radius 2 is 1.77 bits per heavy atom. The molecule has 9 heteroatoms. The minimum absolute atomic E-state index is 0.188. The lowest BCUT2D eigenvalue weighted by Gasteiger charge is -2.35. The smallest absolute Gasteiger partial charge is 0.296 e. The van der Waals surface area contributed by atoms with E-state index in [1.807, 2.05) is 19.1 Å². The summed E-state index contributed by atoms with van der Waals surface area (Å²) in [5.41, 5.74) is -0.442. The van der Waals surface area contributed by atoms with E-state index in [-0.39, 0.29) is 17.9 Å². The van der Waals surface area contributed by atoms with E-state index in [0.717, 1.165) is 13.1 Å². The lowest BCUT2D eigenvalue weighted by molar-refractivity contribution is -0.143. The fourth-order valence-electron chi connectivity index (χ4n) is 5.90. The number of likely N-dealkylation sites (tertiary alicyclic amines) is 1. The van der Waals surface area contributed by atoms with Crippen molar-refractivity contribution in [2.75, 3.05) is 57.4 Å². The first-order valence-electron chi connectivity index (χ1n) is 13.8. The van der Waals surface area contributed by atoms with Gasteiger partial charge in [-0.3, -0.25) is 19.3 Å². The lowest BCUT2D eigenvalue weighted by Crippen LogP contribution is -2.52. The molecule has 3 heterocycles. The number of ether oxygens (including phenoxy) is 2. The molecular formula is C31H35N3O6. The number of benzene rings is 2. The molecule has 9 nitrogen and oxygen atoms in total. The molecule has 1 unspecified atom stereocenters. The highest BCUT2D eigenvalue weighted by Gasteiger charge is 2.66. The van der Waals surface area contributed by atoms with Crippen LogP contribution in [-0.2, 0) is 24.7 Å². The van der Waals surface area contributed by atoms with Crippen LogP contribution in [0.25, 0.3) is 5.76 Å². The van der Waals surface area contributed by atoms with Gasteiger partial charge in [-0.2, -0.15) is 0 Å². The average Bonchev–Trinajstić information content (AvgIpc) is 3.35. The molecule has 1 spiro atoms. The van der Waals surface area contributed by atoms with Crippen molar-refractivity contribution in [1.82, 2.24) is 9.80 Å². The number of amides is 2. The Hall–Kier alpha value is -3.95. The van der Waals surface area contributed by atoms with Gasteiger partial charge in [-0.15, -0.1) is 0 Å². The highest BCUT2D eigenvalue weighted by molar-refractivity contribution is 6.50. The van der Waals surface area contributed by atoms with E-state index in [4.69, 9.17) is 9.47 Å². The van der Waals surface area contributed by atoms with Crippen molar-refractivity contribution >= 4 is 29.0 Å². The van der Waals surface area contributed by atoms with Gasteiger partial charge in [0.15, 0.2) is 5.54 Å². The molecule has 0 saturated carbocycles. The third-order valence-electron chi connectivity index (χ3n) is 7.71. The number of aliphatic hydroxyl groups excluding tert-OH is 1. The molecule has 2 fully saturated rings. The number of aliphatic hydroxyl groups is 1. The Kier molecular flexibility index (Phi) is 8.04. The molecule has 3 aliphatic heterocycles. The molecule has 0 aromatic heterocycles. The molecule has 3 aliphatic rings. The van der Waals surface area contributed by atoms with Crippen LogP contribution in [0.1, 0.15) is 30.9 Å². The third kappa shape index (κ3) is 4.59. The third-order valence-corrected chi connectivity index (χ3v) is 7.71. The largest absolute Gasteiger partial charge is 0.507 e. The Balaban J connectivity index is 1.61. The van der Waals surface area contributed by atoms with Gasteiger partial charge in [-0.25, -0.2) is 0 Å². The highest BCUT2D eigenvalue weighted by atomic mass is 16.5. The van der Waals surface area contributed by atoms with Gasteiger partial charge in [-0.1, -0.05) is 37.8 Å². The summed E-state index contributed by atoms with van der Waals surface area (Å²) < 4.78 is 11.0. The van der Waals surface area contributed by atoms with Gasteiger partial charge in [0.2, 0.25) is 0 Å². The van der Waals surface area contributed by atoms with Crippen molar-refractivity contribution in [3.8, 4) is 5.75 Å². The van der Waals surface area contributed by atoms with Crippen molar-refractivity contribution < 1.29 is 29.0 Å². The van der Waals surface area contributed by atoms with E-state index >= 15 is 0 Å². The van der Waals surface area contributed by atoms with E-state index in [2.05, 4.69) is 11.5 Å². The van der Waals surface area contributed by atoms with Crippen LogP contribution in [0.5, 0.6) is 5.75 Å². The summed E-state index contributed by atoms with van der Waals surface area (Å²) in [6.07, 6.45) is 2.87. The van der Waals surface area contributed by atoms with Crippen LogP contribution < -0.4 is 9.64 Å². The Morgan fingerprint density at radius 1 is 1.05 bits per heavy atom. The van der Waals surface area contributed by atoms with Crippen LogP contribution in [-0.4, -0.2) is 85.0 Å². The topological polar surface area (TPSA) is 99.6 Å². The van der Waals surface area contributed by atoms with Gasteiger partial charge >= 0.3 is 0 Å². The quantitative estimate of drug-likeness (QED) is 0.212. The van der Waals surface area contributed by atoms with Crippen LogP contribution in [0.4, 0.5) is 5.69 Å². The Bertz CT molecular complexity index is 1330. The molecular weight excluding hydrogens is 510 g/mol. The maximum absolute atomic E-state index is 14.4. The molecule has 0 bridgehead atoms. The van der Waals surface area contributed by atoms with Crippen LogP contribution >= 0.6 is 0 Å². The maximum Gasteiger partial charge on any atom is 0.296 e. The van der Waals surface area contributed by atoms with Gasteiger partial charge in [0.05, 0.1) is 24.5 Å². The molecule has 2 aromatic carbocycles. The van der Waals surface area contributed by atoms with Crippen molar-refractivity contribution in [2.24, 2.45) is 0 Å². The summed E-state index contributed by atoms with van der Waals surface area (Å²) in [5.74, 6) is -1.86. The average molecular weight is 546 g/mol. The van der Waals surface area contributed by atoms with Crippen molar-refractivity contribution in [2.45, 2.75) is 25.3 Å². The van der Waals surface area contributed by atoms with E-state index in [9.17, 15) is 19.5 Å². The number of morpholine rings is 1. The number of hydrogen-bond donors (Lipinski definition) is 1. The molecule has 1 atom stereocenters. The van der Waals surface area contributed by atoms with Gasteiger partial charge in [0.1, 0.15) is 18.1 Å². The van der Waals surface area contributed by atoms with Gasteiger partial charge in [0.25, 0.3) is 17.6 Å². The highest BCUT2D eigenvalue weighted by Crippen LogP contribution is 2.53. The molecule has 2 amide bonds. The fraction of sp³-hybridized carbons (Fsp3) is 0.387. The number of fused-ring (bicyclic) bond motifs is 2. The number of rotatable bonds is 10. The Morgan fingerprint density at radius 3 is 2.48 bits per heavy atom. The van der Waals surface area contributed by atoms with Crippen molar-refractivity contribution in [3.05, 3.63) is 77.9 Å². The second kappa shape index (κ2) is 11.7. The number of hydrogen-bond acceptors (Lipinski definition) is 7. The van der Waals surface area contributed by atoms with E-state index < -0.39 is 23.1 Å². The minimum atomic E-state index is -1.74. The number of carbonyl (C=O) groups is 3. The number of Topliss-reactive ketones (excluding diaryl/α,β-unsaturated/α-hetero) is 1. The van der Waals surface area contributed by atoms with Crippen molar-refractivity contribution in [1.29, 1.82) is 0 Å². The van der Waals surface area contributed by atoms with Gasteiger partial charge in [0, 0.05) is 43.9 Å². The van der Waals surface area contributed by atoms with Crippen molar-refractivity contribution in [3.63, 3.8) is 0 Å². The molecule has 2 saturated heterocycles. The van der Waals surface area contributed by atoms with Crippen LogP contribution in [0.2, 0.25) is 0 Å². The normalized spacial score (nSPS) is 22.3. The molecule has 0 radical (unpaired) electrons. The summed E-state index contributed by atoms with van der Waals surface area (Å²) in [5, 5.41) is 11.6. The van der Waals surface area contributed by atoms with Crippen LogP contribution in [0, 0.1) is 0 Å². The number of para-hydroxylation sites is 1. The molecule has 2 aromatic rings. The minimum Gasteiger partial charge on any atom is -0.507 e. The number of carbonyl (C=O) groups excluding carboxylic acids is 3. The zero-order chi connectivity index (χ0) is 28.3. The fourth-order valence-corrected chi connectivity index (χ4v) is 5.90. The molecule has 1 N–H and O–H groups in total. The van der Waals surface area contributed by atoms with Crippen LogP contribution in [0.3, 0.4) is 0 Å². The number of nitrogens with zero attached hydrogens (tertiary/aromatic N) is 3. The van der Waals surface area contributed by atoms with E-state index in [0.29, 0.717) is 68.3 Å². The predicted octanol–water partition coefficient (Wildman–Crippen LogP) is 3.31. The van der Waals surface area contributed by atoms with E-state index in [1.54, 1.807) is 47.4 Å². The molecule has 40 heavy (non-hydrogen) atoms. The second-order valence-electron chi connectivity index (χ2n) is 10.1. The maximum atomic E-state index is 14.4. The zero-order valence-corrected chi connectivity index (χ0v) is 22.8. The van der Waals surface area contributed by atoms with E-state index in [1.165, 1.54) is 4.90 Å². The predicted molar refractivity (Wildman–Crippen MR) is 151 cm³/mol. The second-order valence-corrected chi connectivity index (χ2v) is 10.1. The first-order valence-corrected chi connectivity index (χ1v) is 13.8. The summed E-state index contributed by atoms with van der Waals surface area (Å²) in [6.45, 7) is 10.1. The SMILES string of the molecule is C=CCOc1ccc(/C(O)=C2\C(=O)C(=O)N(CCCN3CCOCC3)C23C(=O)N(CCC)c2ccccc23)cc1. The van der Waals surface area contributed by atoms with Gasteiger partial charge in [-0.05, 0) is 43.2 Å². The summed E-state index contributed by atoms with van der Waals surface area (Å²) in [6, 6.07) is 13.8. The summed E-state index contributed by atoms with van der Waals surface area (Å²) in [7, 11) is 0. The molecule has 0 aliphatic carbocycles. The van der Waals surface area contributed by atoms with Gasteiger partial charge < -0.3 is 24.4 Å². The number of ketones is 1.